The monoisotopic (exact) mass is 406 g/mol. The third kappa shape index (κ3) is 5.07. The first-order chi connectivity index (χ1) is 13.3. The molecule has 0 atom stereocenters. The smallest absolute Gasteiger partial charge is 0.259 e. The summed E-state index contributed by atoms with van der Waals surface area (Å²) in [5.41, 5.74) is 0.764. The molecule has 0 N–H and O–H groups in total. The van der Waals surface area contributed by atoms with Crippen molar-refractivity contribution in [1.82, 2.24) is 9.21 Å². The van der Waals surface area contributed by atoms with E-state index in [-0.39, 0.29) is 30.6 Å². The van der Waals surface area contributed by atoms with Gasteiger partial charge in [-0.3, -0.25) is 9.59 Å². The molecule has 0 aromatic heterocycles. The van der Waals surface area contributed by atoms with E-state index in [1.54, 1.807) is 29.2 Å². The van der Waals surface area contributed by atoms with Crippen LogP contribution in [0.2, 0.25) is 0 Å². The van der Waals surface area contributed by atoms with Crippen LogP contribution in [0.25, 0.3) is 0 Å². The van der Waals surface area contributed by atoms with Crippen molar-refractivity contribution in [2.24, 2.45) is 5.92 Å². The highest BCUT2D eigenvalue weighted by molar-refractivity contribution is 7.92. The van der Waals surface area contributed by atoms with Crippen molar-refractivity contribution in [3.63, 3.8) is 0 Å². The molecule has 150 valence electrons. The number of carbonyl (C=O) groups excluding carboxylic acids is 2. The lowest BCUT2D eigenvalue weighted by Gasteiger charge is -2.31. The van der Waals surface area contributed by atoms with Gasteiger partial charge >= 0.3 is 0 Å². The molecule has 8 heteroatoms. The molecule has 1 aromatic rings. The number of hydrogen-bond acceptors (Lipinski definition) is 4. The minimum absolute atomic E-state index is 0.0210. The summed E-state index contributed by atoms with van der Waals surface area (Å²) in [7, 11) is -3.77. The van der Waals surface area contributed by atoms with Gasteiger partial charge in [0.15, 0.2) is 0 Å². The summed E-state index contributed by atoms with van der Waals surface area (Å²) in [6, 6.07) is 5.88. The van der Waals surface area contributed by atoms with Gasteiger partial charge in [0.25, 0.3) is 15.9 Å². The number of carbonyl (C=O) groups is 2. The Kier molecular flexibility index (Phi) is 6.28. The normalized spacial score (nSPS) is 18.8. The van der Waals surface area contributed by atoms with E-state index in [2.05, 4.69) is 0 Å². The second-order valence-electron chi connectivity index (χ2n) is 7.00. The minimum atomic E-state index is -3.77. The molecular weight excluding hydrogens is 383 g/mol. The fourth-order valence-corrected chi connectivity index (χ4v) is 4.58. The van der Waals surface area contributed by atoms with Crippen LogP contribution in [-0.2, 0) is 26.0 Å². The average molecular weight is 406 g/mol. The molecule has 0 aliphatic carbocycles. The van der Waals surface area contributed by atoms with E-state index < -0.39 is 15.9 Å². The maximum atomic E-state index is 12.9. The van der Waals surface area contributed by atoms with Crippen molar-refractivity contribution < 1.29 is 22.4 Å². The predicted octanol–water partition coefficient (Wildman–Crippen LogP) is 2.24. The number of rotatable bonds is 5. The van der Waals surface area contributed by atoms with Gasteiger partial charge in [0, 0.05) is 31.1 Å². The van der Waals surface area contributed by atoms with Crippen LogP contribution in [0.4, 0.5) is 4.39 Å². The zero-order valence-electron chi connectivity index (χ0n) is 15.5. The number of benzene rings is 1. The average Bonchev–Trinajstić information content (AvgIpc) is 2.69. The molecule has 28 heavy (non-hydrogen) atoms. The van der Waals surface area contributed by atoms with Crippen LogP contribution in [0.1, 0.15) is 24.8 Å². The van der Waals surface area contributed by atoms with Gasteiger partial charge in [-0.25, -0.2) is 17.1 Å². The molecule has 0 spiro atoms. The summed E-state index contributed by atoms with van der Waals surface area (Å²) in [6.07, 6.45) is 6.64. The van der Waals surface area contributed by atoms with Gasteiger partial charge in [-0.1, -0.05) is 24.3 Å². The van der Waals surface area contributed by atoms with Crippen LogP contribution in [0.5, 0.6) is 0 Å². The lowest BCUT2D eigenvalue weighted by atomic mass is 9.96. The number of hydrogen-bond donors (Lipinski definition) is 0. The van der Waals surface area contributed by atoms with Crippen LogP contribution in [-0.4, -0.2) is 49.1 Å². The summed E-state index contributed by atoms with van der Waals surface area (Å²) >= 11 is 0. The van der Waals surface area contributed by atoms with E-state index in [0.29, 0.717) is 32.4 Å². The quantitative estimate of drug-likeness (QED) is 0.752. The van der Waals surface area contributed by atoms with Gasteiger partial charge in [0.2, 0.25) is 5.91 Å². The highest BCUT2D eigenvalue weighted by Crippen LogP contribution is 2.21. The van der Waals surface area contributed by atoms with Gasteiger partial charge in [0.1, 0.15) is 5.82 Å². The molecule has 0 bridgehead atoms. The van der Waals surface area contributed by atoms with Crippen molar-refractivity contribution in [1.29, 1.82) is 0 Å². The Morgan fingerprint density at radius 3 is 2.46 bits per heavy atom. The van der Waals surface area contributed by atoms with Crippen molar-refractivity contribution in [3.05, 3.63) is 59.3 Å². The number of likely N-dealkylation sites (tertiary alicyclic amines) is 1. The van der Waals surface area contributed by atoms with E-state index in [1.807, 2.05) is 0 Å². The van der Waals surface area contributed by atoms with Crippen molar-refractivity contribution in [3.8, 4) is 0 Å². The number of amides is 2. The minimum Gasteiger partial charge on any atom is -0.342 e. The second-order valence-corrected chi connectivity index (χ2v) is 8.74. The van der Waals surface area contributed by atoms with Crippen molar-refractivity contribution in [2.75, 3.05) is 19.6 Å². The predicted molar refractivity (Wildman–Crippen MR) is 103 cm³/mol. The molecule has 3 rings (SSSR count). The van der Waals surface area contributed by atoms with Gasteiger partial charge in [-0.2, -0.15) is 0 Å². The van der Waals surface area contributed by atoms with E-state index >= 15 is 0 Å². The Morgan fingerprint density at radius 1 is 1.14 bits per heavy atom. The Bertz CT molecular complexity index is 885. The fraction of sp³-hybridized carbons (Fsp3) is 0.400. The van der Waals surface area contributed by atoms with Crippen LogP contribution in [0, 0.1) is 11.7 Å². The first-order valence-corrected chi connectivity index (χ1v) is 10.8. The molecule has 1 aromatic carbocycles. The third-order valence-corrected chi connectivity index (χ3v) is 6.47. The summed E-state index contributed by atoms with van der Waals surface area (Å²) in [5, 5.41) is 1.12. The van der Waals surface area contributed by atoms with Crippen LogP contribution < -0.4 is 0 Å². The Balaban J connectivity index is 1.51. The van der Waals surface area contributed by atoms with E-state index in [9.17, 15) is 22.4 Å². The molecule has 2 aliphatic rings. The Hall–Kier alpha value is -2.48. The zero-order valence-corrected chi connectivity index (χ0v) is 16.3. The number of sulfonamides is 1. The standard InChI is InChI=1S/C20H23FN2O4S/c21-18-6-4-17(5-7-18)15-20(25)22-12-8-16(9-13-22)10-14-28(26,27)23-11-2-1-3-19(23)24/h1,3-7,10,14,16H,2,8-9,11-13,15H2/b14-10+. The molecular formula is C20H23FN2O4S. The van der Waals surface area contributed by atoms with Crippen LogP contribution >= 0.6 is 0 Å². The molecule has 0 unspecified atom stereocenters. The van der Waals surface area contributed by atoms with Crippen molar-refractivity contribution in [2.45, 2.75) is 25.7 Å². The molecule has 1 saturated heterocycles. The summed E-state index contributed by atoms with van der Waals surface area (Å²) < 4.78 is 38.5. The first-order valence-electron chi connectivity index (χ1n) is 9.29. The Labute approximate surface area is 164 Å². The van der Waals surface area contributed by atoms with Crippen molar-refractivity contribution >= 4 is 21.8 Å². The van der Waals surface area contributed by atoms with E-state index in [0.717, 1.165) is 15.3 Å². The topological polar surface area (TPSA) is 74.8 Å². The van der Waals surface area contributed by atoms with E-state index in [1.165, 1.54) is 18.2 Å². The van der Waals surface area contributed by atoms with Crippen LogP contribution in [0.3, 0.4) is 0 Å². The molecule has 1 fully saturated rings. The largest absolute Gasteiger partial charge is 0.342 e. The zero-order chi connectivity index (χ0) is 20.1. The SMILES string of the molecule is O=C(Cc1ccc(F)cc1)N1CCC(/C=C/S(=O)(=O)N2CCC=CC2=O)CC1. The Morgan fingerprint density at radius 2 is 1.82 bits per heavy atom. The van der Waals surface area contributed by atoms with Gasteiger partial charge < -0.3 is 4.90 Å². The number of piperidine rings is 1. The highest BCUT2D eigenvalue weighted by atomic mass is 32.2. The van der Waals surface area contributed by atoms with Gasteiger partial charge in [0.05, 0.1) is 6.42 Å². The maximum absolute atomic E-state index is 12.9. The maximum Gasteiger partial charge on any atom is 0.259 e. The highest BCUT2D eigenvalue weighted by Gasteiger charge is 2.26. The lowest BCUT2D eigenvalue weighted by Crippen LogP contribution is -2.39. The molecule has 6 nitrogen and oxygen atoms in total. The summed E-state index contributed by atoms with van der Waals surface area (Å²) in [5.74, 6) is -0.828. The molecule has 2 aliphatic heterocycles. The van der Waals surface area contributed by atoms with Gasteiger partial charge in [-0.05, 0) is 42.9 Å². The van der Waals surface area contributed by atoms with Crippen LogP contribution in [0.15, 0.2) is 47.9 Å². The first kappa shape index (κ1) is 20.3. The lowest BCUT2D eigenvalue weighted by molar-refractivity contribution is -0.131. The van der Waals surface area contributed by atoms with Gasteiger partial charge in [-0.15, -0.1) is 0 Å². The number of nitrogens with zero attached hydrogens (tertiary/aromatic N) is 2. The fourth-order valence-electron chi connectivity index (χ4n) is 3.34. The summed E-state index contributed by atoms with van der Waals surface area (Å²) in [6.45, 7) is 1.25. The molecule has 0 radical (unpaired) electrons. The molecule has 2 amide bonds. The third-order valence-electron chi connectivity index (χ3n) is 5.00. The van der Waals surface area contributed by atoms with E-state index in [4.69, 9.17) is 0 Å². The molecule has 0 saturated carbocycles. The number of halogens is 1. The second kappa shape index (κ2) is 8.68. The molecule has 2 heterocycles. The number of allylic oxidation sites excluding steroid dienone is 1. The summed E-state index contributed by atoms with van der Waals surface area (Å²) in [4.78, 5) is 25.9.